The van der Waals surface area contributed by atoms with Gasteiger partial charge >= 0.3 is 0 Å². The molecule has 0 atom stereocenters. The van der Waals surface area contributed by atoms with Gasteiger partial charge in [0.1, 0.15) is 5.75 Å². The molecule has 2 N–H and O–H groups in total. The predicted molar refractivity (Wildman–Crippen MR) is 118 cm³/mol. The van der Waals surface area contributed by atoms with Crippen molar-refractivity contribution in [1.82, 2.24) is 5.43 Å². The van der Waals surface area contributed by atoms with Gasteiger partial charge in [-0.1, -0.05) is 42.5 Å². The average Bonchev–Trinajstić information content (AvgIpc) is 3.61. The lowest BCUT2D eigenvalue weighted by Gasteiger charge is -2.08. The predicted octanol–water partition coefficient (Wildman–Crippen LogP) is 4.11. The molecular weight excluding hydrogens is 378 g/mol. The van der Waals surface area contributed by atoms with Crippen LogP contribution in [0.3, 0.4) is 0 Å². The summed E-state index contributed by atoms with van der Waals surface area (Å²) in [7, 11) is 0. The summed E-state index contributed by atoms with van der Waals surface area (Å²) in [5.74, 6) is 0.482. The monoisotopic (exact) mass is 401 g/mol. The van der Waals surface area contributed by atoms with Gasteiger partial charge in [0.15, 0.2) is 6.61 Å². The van der Waals surface area contributed by atoms with Crippen LogP contribution >= 0.6 is 0 Å². The van der Waals surface area contributed by atoms with Gasteiger partial charge in [-0.15, -0.1) is 0 Å². The van der Waals surface area contributed by atoms with E-state index in [1.54, 1.807) is 6.92 Å². The summed E-state index contributed by atoms with van der Waals surface area (Å²) in [5, 5.41) is 9.23. The molecule has 0 spiro atoms. The molecular formula is C24H23N3O3. The molecule has 1 fully saturated rings. The molecule has 0 radical (unpaired) electrons. The number of carbonyl (C=O) groups excluding carboxylic acids is 2. The zero-order valence-electron chi connectivity index (χ0n) is 16.7. The van der Waals surface area contributed by atoms with Gasteiger partial charge in [0.05, 0.1) is 5.71 Å². The SMILES string of the molecule is C/C(=N\NC(=O)COc1ccc2ccccc2c1)c1cccc(NC(=O)C2CC2)c1. The number of anilines is 1. The first-order valence-electron chi connectivity index (χ1n) is 9.94. The highest BCUT2D eigenvalue weighted by Gasteiger charge is 2.29. The number of carbonyl (C=O) groups is 2. The van der Waals surface area contributed by atoms with Crippen LogP contribution in [-0.2, 0) is 9.59 Å². The molecule has 3 aromatic rings. The van der Waals surface area contributed by atoms with Crippen molar-refractivity contribution in [3.8, 4) is 5.75 Å². The van der Waals surface area contributed by atoms with E-state index in [-0.39, 0.29) is 24.3 Å². The molecule has 3 aromatic carbocycles. The highest BCUT2D eigenvalue weighted by atomic mass is 16.5. The summed E-state index contributed by atoms with van der Waals surface area (Å²) in [6, 6.07) is 21.1. The maximum absolute atomic E-state index is 12.1. The number of nitrogens with zero attached hydrogens (tertiary/aromatic N) is 1. The van der Waals surface area contributed by atoms with E-state index in [2.05, 4.69) is 15.8 Å². The van der Waals surface area contributed by atoms with Gasteiger partial charge < -0.3 is 10.1 Å². The molecule has 2 amide bonds. The molecule has 6 heteroatoms. The van der Waals surface area contributed by atoms with Crippen LogP contribution in [0, 0.1) is 5.92 Å². The first-order valence-corrected chi connectivity index (χ1v) is 9.94. The van der Waals surface area contributed by atoms with Gasteiger partial charge in [-0.05, 0) is 60.4 Å². The third kappa shape index (κ3) is 5.03. The molecule has 4 rings (SSSR count). The van der Waals surface area contributed by atoms with Crippen molar-refractivity contribution in [2.45, 2.75) is 19.8 Å². The Morgan fingerprint density at radius 2 is 1.80 bits per heavy atom. The third-order valence-electron chi connectivity index (χ3n) is 4.94. The molecule has 0 unspecified atom stereocenters. The Labute approximate surface area is 174 Å². The zero-order valence-corrected chi connectivity index (χ0v) is 16.7. The highest BCUT2D eigenvalue weighted by Crippen LogP contribution is 2.30. The quantitative estimate of drug-likeness (QED) is 0.462. The summed E-state index contributed by atoms with van der Waals surface area (Å²) < 4.78 is 5.58. The van der Waals surface area contributed by atoms with Crippen LogP contribution in [0.4, 0.5) is 5.69 Å². The molecule has 1 aliphatic carbocycles. The zero-order chi connectivity index (χ0) is 20.9. The number of benzene rings is 3. The van der Waals surface area contributed by atoms with E-state index in [1.807, 2.05) is 66.7 Å². The van der Waals surface area contributed by atoms with Crippen molar-refractivity contribution >= 4 is 34.0 Å². The highest BCUT2D eigenvalue weighted by molar-refractivity contribution is 6.01. The van der Waals surface area contributed by atoms with Gasteiger partial charge in [0.2, 0.25) is 5.91 Å². The van der Waals surface area contributed by atoms with Crippen molar-refractivity contribution in [3.05, 3.63) is 72.3 Å². The molecule has 0 heterocycles. The maximum atomic E-state index is 12.1. The molecule has 0 aliphatic heterocycles. The summed E-state index contributed by atoms with van der Waals surface area (Å²) in [6.07, 6.45) is 1.92. The Kier molecular flexibility index (Phi) is 5.75. The van der Waals surface area contributed by atoms with Crippen molar-refractivity contribution < 1.29 is 14.3 Å². The second kappa shape index (κ2) is 8.78. The fourth-order valence-electron chi connectivity index (χ4n) is 3.06. The van der Waals surface area contributed by atoms with Crippen LogP contribution < -0.4 is 15.5 Å². The van der Waals surface area contributed by atoms with Crippen molar-refractivity contribution in [2.75, 3.05) is 11.9 Å². The smallest absolute Gasteiger partial charge is 0.277 e. The van der Waals surface area contributed by atoms with Crippen LogP contribution in [0.5, 0.6) is 5.75 Å². The third-order valence-corrected chi connectivity index (χ3v) is 4.94. The first kappa shape index (κ1) is 19.6. The van der Waals surface area contributed by atoms with Gasteiger partial charge in [-0.25, -0.2) is 5.43 Å². The standard InChI is InChI=1S/C24H23N3O3/c1-16(19-7-4-8-21(13-19)25-24(29)18-9-10-18)26-27-23(28)15-30-22-12-11-17-5-2-3-6-20(17)14-22/h2-8,11-14,18H,9-10,15H2,1H3,(H,25,29)(H,27,28)/b26-16+. The van der Waals surface area contributed by atoms with Gasteiger partial charge in [0.25, 0.3) is 5.91 Å². The number of nitrogens with one attached hydrogen (secondary N) is 2. The Balaban J connectivity index is 1.32. The molecule has 1 aliphatic rings. The molecule has 30 heavy (non-hydrogen) atoms. The number of amides is 2. The number of ether oxygens (including phenoxy) is 1. The topological polar surface area (TPSA) is 79.8 Å². The van der Waals surface area contributed by atoms with Crippen LogP contribution in [0.15, 0.2) is 71.8 Å². The van der Waals surface area contributed by atoms with E-state index in [0.29, 0.717) is 11.5 Å². The lowest BCUT2D eigenvalue weighted by Crippen LogP contribution is -2.25. The van der Waals surface area contributed by atoms with Crippen LogP contribution in [0.25, 0.3) is 10.8 Å². The maximum Gasteiger partial charge on any atom is 0.277 e. The molecule has 6 nitrogen and oxygen atoms in total. The Hall–Kier alpha value is -3.67. The largest absolute Gasteiger partial charge is 0.484 e. The van der Waals surface area contributed by atoms with E-state index in [9.17, 15) is 9.59 Å². The minimum Gasteiger partial charge on any atom is -0.484 e. The second-order valence-corrected chi connectivity index (χ2v) is 7.37. The van der Waals surface area contributed by atoms with E-state index < -0.39 is 0 Å². The molecule has 1 saturated carbocycles. The fourth-order valence-corrected chi connectivity index (χ4v) is 3.06. The van der Waals surface area contributed by atoms with E-state index in [4.69, 9.17) is 4.74 Å². The molecule has 152 valence electrons. The van der Waals surface area contributed by atoms with Gasteiger partial charge in [-0.3, -0.25) is 9.59 Å². The Morgan fingerprint density at radius 1 is 1.00 bits per heavy atom. The summed E-state index contributed by atoms with van der Waals surface area (Å²) in [5.41, 5.74) is 4.69. The Bertz CT molecular complexity index is 1120. The normalized spacial score (nSPS) is 13.7. The minimum atomic E-state index is -0.347. The average molecular weight is 401 g/mol. The van der Waals surface area contributed by atoms with Crippen LogP contribution in [0.2, 0.25) is 0 Å². The Morgan fingerprint density at radius 3 is 2.60 bits per heavy atom. The number of fused-ring (bicyclic) bond motifs is 1. The van der Waals surface area contributed by atoms with E-state index in [0.717, 1.165) is 34.9 Å². The summed E-state index contributed by atoms with van der Waals surface area (Å²) in [6.45, 7) is 1.67. The van der Waals surface area contributed by atoms with Crippen molar-refractivity contribution in [2.24, 2.45) is 11.0 Å². The lowest BCUT2D eigenvalue weighted by molar-refractivity contribution is -0.123. The number of rotatable bonds is 7. The van der Waals surface area contributed by atoms with Crippen LogP contribution in [-0.4, -0.2) is 24.1 Å². The molecule has 0 aromatic heterocycles. The lowest BCUT2D eigenvalue weighted by atomic mass is 10.1. The number of hydrogen-bond donors (Lipinski definition) is 2. The van der Waals surface area contributed by atoms with Gasteiger partial charge in [0, 0.05) is 11.6 Å². The van der Waals surface area contributed by atoms with E-state index >= 15 is 0 Å². The van der Waals surface area contributed by atoms with Gasteiger partial charge in [-0.2, -0.15) is 5.10 Å². The molecule has 0 bridgehead atoms. The van der Waals surface area contributed by atoms with E-state index in [1.165, 1.54) is 0 Å². The second-order valence-electron chi connectivity index (χ2n) is 7.37. The minimum absolute atomic E-state index is 0.0564. The fraction of sp³-hybridized carbons (Fsp3) is 0.208. The van der Waals surface area contributed by atoms with Crippen LogP contribution in [0.1, 0.15) is 25.3 Å². The number of hydrazone groups is 1. The van der Waals surface area contributed by atoms with Crippen molar-refractivity contribution in [3.63, 3.8) is 0 Å². The first-order chi connectivity index (χ1) is 14.6. The van der Waals surface area contributed by atoms with Crippen molar-refractivity contribution in [1.29, 1.82) is 0 Å². The summed E-state index contributed by atoms with van der Waals surface area (Å²) >= 11 is 0. The molecule has 0 saturated heterocycles. The summed E-state index contributed by atoms with van der Waals surface area (Å²) in [4.78, 5) is 24.0. The number of hydrogen-bond acceptors (Lipinski definition) is 4.